The van der Waals surface area contributed by atoms with E-state index in [-0.39, 0.29) is 11.8 Å². The molecule has 1 aromatic carbocycles. The van der Waals surface area contributed by atoms with E-state index >= 15 is 0 Å². The standard InChI is InChI=1S/C11H13ClN2O3/c1-3-17-11(15)10(12)14-13-8-6-4-5-7-9(8)16-2/h4-7,13H,3H2,1-2H3. The molecule has 6 heteroatoms. The maximum absolute atomic E-state index is 11.2. The number of methoxy groups -OCH3 is 1. The molecule has 1 aromatic rings. The van der Waals surface area contributed by atoms with Crippen LogP contribution in [0.15, 0.2) is 29.4 Å². The lowest BCUT2D eigenvalue weighted by Crippen LogP contribution is -2.13. The molecule has 0 saturated heterocycles. The normalized spacial score (nSPS) is 10.9. The summed E-state index contributed by atoms with van der Waals surface area (Å²) in [5.74, 6) is -0.0684. The molecule has 0 heterocycles. The van der Waals surface area contributed by atoms with Crippen molar-refractivity contribution in [2.75, 3.05) is 19.1 Å². The predicted molar refractivity (Wildman–Crippen MR) is 66.5 cm³/mol. The van der Waals surface area contributed by atoms with E-state index in [1.807, 2.05) is 6.07 Å². The molecular weight excluding hydrogens is 244 g/mol. The van der Waals surface area contributed by atoms with Gasteiger partial charge in [-0.2, -0.15) is 5.10 Å². The highest BCUT2D eigenvalue weighted by Crippen LogP contribution is 2.22. The summed E-state index contributed by atoms with van der Waals surface area (Å²) in [6, 6.07) is 7.13. The van der Waals surface area contributed by atoms with E-state index in [1.54, 1.807) is 25.1 Å². The second-order valence-corrected chi connectivity index (χ2v) is 3.29. The molecule has 92 valence electrons. The van der Waals surface area contributed by atoms with Crippen LogP contribution in [0.5, 0.6) is 5.75 Å². The van der Waals surface area contributed by atoms with Crippen molar-refractivity contribution in [1.29, 1.82) is 0 Å². The number of esters is 1. The number of carbonyl (C=O) groups is 1. The first-order chi connectivity index (χ1) is 8.19. The third-order valence-corrected chi connectivity index (χ3v) is 2.06. The van der Waals surface area contributed by atoms with Crippen LogP contribution in [-0.4, -0.2) is 24.9 Å². The molecule has 0 spiro atoms. The average Bonchev–Trinajstić information content (AvgIpc) is 2.36. The molecule has 0 aliphatic rings. The lowest BCUT2D eigenvalue weighted by Gasteiger charge is -2.07. The Hall–Kier alpha value is -1.75. The first-order valence-electron chi connectivity index (χ1n) is 4.98. The second kappa shape index (κ2) is 6.75. The number of nitrogens with one attached hydrogen (secondary N) is 1. The van der Waals surface area contributed by atoms with Crippen LogP contribution in [0.4, 0.5) is 5.69 Å². The summed E-state index contributed by atoms with van der Waals surface area (Å²) in [5.41, 5.74) is 3.24. The van der Waals surface area contributed by atoms with Crippen molar-refractivity contribution in [3.63, 3.8) is 0 Å². The van der Waals surface area contributed by atoms with Gasteiger partial charge in [-0.25, -0.2) is 4.79 Å². The molecule has 17 heavy (non-hydrogen) atoms. The van der Waals surface area contributed by atoms with Crippen LogP contribution in [0.3, 0.4) is 0 Å². The van der Waals surface area contributed by atoms with Crippen LogP contribution in [-0.2, 0) is 9.53 Å². The molecule has 5 nitrogen and oxygen atoms in total. The number of halogens is 1. The summed E-state index contributed by atoms with van der Waals surface area (Å²) in [4.78, 5) is 11.2. The van der Waals surface area contributed by atoms with Gasteiger partial charge in [-0.3, -0.25) is 5.43 Å². The summed E-state index contributed by atoms with van der Waals surface area (Å²) in [6.45, 7) is 1.94. The Labute approximate surface area is 104 Å². The van der Waals surface area contributed by atoms with Crippen LogP contribution in [0, 0.1) is 0 Å². The molecule has 0 saturated carbocycles. The van der Waals surface area contributed by atoms with Gasteiger partial charge in [0, 0.05) is 0 Å². The molecule has 1 rings (SSSR count). The number of hydrogen-bond acceptors (Lipinski definition) is 5. The number of nitrogens with zero attached hydrogens (tertiary/aromatic N) is 1. The van der Waals surface area contributed by atoms with Gasteiger partial charge in [0.1, 0.15) is 5.75 Å². The molecule has 0 amide bonds. The Balaban J connectivity index is 2.71. The Morgan fingerprint density at radius 3 is 2.82 bits per heavy atom. The van der Waals surface area contributed by atoms with Gasteiger partial charge in [0.2, 0.25) is 5.17 Å². The largest absolute Gasteiger partial charge is 0.495 e. The van der Waals surface area contributed by atoms with Gasteiger partial charge in [0.15, 0.2) is 0 Å². The van der Waals surface area contributed by atoms with Crippen LogP contribution in [0.2, 0.25) is 0 Å². The Bertz CT molecular complexity index is 421. The highest BCUT2D eigenvalue weighted by molar-refractivity contribution is 6.82. The number of hydrazone groups is 1. The van der Waals surface area contributed by atoms with Crippen LogP contribution in [0.1, 0.15) is 6.92 Å². The van der Waals surface area contributed by atoms with Gasteiger partial charge < -0.3 is 9.47 Å². The van der Waals surface area contributed by atoms with E-state index in [0.29, 0.717) is 11.4 Å². The third kappa shape index (κ3) is 3.96. The number of ether oxygens (including phenoxy) is 2. The number of anilines is 1. The molecule has 0 aliphatic carbocycles. The summed E-state index contributed by atoms with van der Waals surface area (Å²) >= 11 is 5.63. The van der Waals surface area contributed by atoms with Gasteiger partial charge in [-0.15, -0.1) is 0 Å². The molecule has 0 fully saturated rings. The molecule has 0 atom stereocenters. The van der Waals surface area contributed by atoms with E-state index in [4.69, 9.17) is 16.3 Å². The van der Waals surface area contributed by atoms with Gasteiger partial charge in [-0.1, -0.05) is 23.7 Å². The predicted octanol–water partition coefficient (Wildman–Crippen LogP) is 2.22. The lowest BCUT2D eigenvalue weighted by atomic mass is 10.3. The fraction of sp³-hybridized carbons (Fsp3) is 0.273. The van der Waals surface area contributed by atoms with Crippen LogP contribution in [0.25, 0.3) is 0 Å². The topological polar surface area (TPSA) is 59.9 Å². The fourth-order valence-electron chi connectivity index (χ4n) is 1.08. The SMILES string of the molecule is CCOC(=O)C(Cl)=NNc1ccccc1OC. The minimum absolute atomic E-state index is 0.249. The molecule has 0 bridgehead atoms. The van der Waals surface area contributed by atoms with E-state index in [1.165, 1.54) is 7.11 Å². The smallest absolute Gasteiger partial charge is 0.370 e. The molecule has 0 unspecified atom stereocenters. The Morgan fingerprint density at radius 1 is 1.47 bits per heavy atom. The minimum Gasteiger partial charge on any atom is -0.495 e. The maximum Gasteiger partial charge on any atom is 0.370 e. The van der Waals surface area contributed by atoms with E-state index in [9.17, 15) is 4.79 Å². The van der Waals surface area contributed by atoms with Gasteiger partial charge in [-0.05, 0) is 19.1 Å². The van der Waals surface area contributed by atoms with Crippen molar-refractivity contribution in [3.8, 4) is 5.75 Å². The monoisotopic (exact) mass is 256 g/mol. The molecule has 0 aromatic heterocycles. The van der Waals surface area contributed by atoms with Crippen molar-refractivity contribution in [2.45, 2.75) is 6.92 Å². The highest BCUT2D eigenvalue weighted by Gasteiger charge is 2.09. The summed E-state index contributed by atoms with van der Waals surface area (Å²) in [6.07, 6.45) is 0. The number of carbonyl (C=O) groups excluding carboxylic acids is 1. The second-order valence-electron chi connectivity index (χ2n) is 2.94. The lowest BCUT2D eigenvalue weighted by molar-refractivity contribution is -0.134. The molecule has 0 aliphatic heterocycles. The Kier molecular flexibility index (Phi) is 5.29. The van der Waals surface area contributed by atoms with Gasteiger partial charge in [0.05, 0.1) is 19.4 Å². The molecule has 1 N–H and O–H groups in total. The zero-order valence-electron chi connectivity index (χ0n) is 9.57. The maximum atomic E-state index is 11.2. The van der Waals surface area contributed by atoms with Crippen LogP contribution >= 0.6 is 11.6 Å². The summed E-state index contributed by atoms with van der Waals surface area (Å²) < 4.78 is 9.77. The first kappa shape index (κ1) is 13.3. The molecular formula is C11H13ClN2O3. The van der Waals surface area contributed by atoms with Crippen molar-refractivity contribution in [1.82, 2.24) is 0 Å². The summed E-state index contributed by atoms with van der Waals surface area (Å²) in [5, 5.41) is 3.43. The minimum atomic E-state index is -0.670. The quantitative estimate of drug-likeness (QED) is 0.499. The van der Waals surface area contributed by atoms with Crippen LogP contribution < -0.4 is 10.2 Å². The van der Waals surface area contributed by atoms with E-state index in [0.717, 1.165) is 0 Å². The number of benzene rings is 1. The third-order valence-electron chi connectivity index (χ3n) is 1.83. The van der Waals surface area contributed by atoms with Gasteiger partial charge in [0.25, 0.3) is 0 Å². The number of para-hydroxylation sites is 2. The van der Waals surface area contributed by atoms with E-state index < -0.39 is 5.97 Å². The average molecular weight is 257 g/mol. The number of rotatable bonds is 5. The van der Waals surface area contributed by atoms with E-state index in [2.05, 4.69) is 15.3 Å². The molecule has 0 radical (unpaired) electrons. The zero-order valence-corrected chi connectivity index (χ0v) is 10.3. The van der Waals surface area contributed by atoms with Crippen molar-refractivity contribution >= 4 is 28.4 Å². The zero-order chi connectivity index (χ0) is 12.7. The fourth-order valence-corrected chi connectivity index (χ4v) is 1.18. The Morgan fingerprint density at radius 2 is 2.18 bits per heavy atom. The van der Waals surface area contributed by atoms with Crippen molar-refractivity contribution < 1.29 is 14.3 Å². The summed E-state index contributed by atoms with van der Waals surface area (Å²) in [7, 11) is 1.54. The van der Waals surface area contributed by atoms with Crippen molar-refractivity contribution in [3.05, 3.63) is 24.3 Å². The van der Waals surface area contributed by atoms with Gasteiger partial charge >= 0.3 is 5.97 Å². The first-order valence-corrected chi connectivity index (χ1v) is 5.36. The number of hydrogen-bond donors (Lipinski definition) is 1. The highest BCUT2D eigenvalue weighted by atomic mass is 35.5. The van der Waals surface area contributed by atoms with Crippen molar-refractivity contribution in [2.24, 2.45) is 5.10 Å².